The second kappa shape index (κ2) is 6.14. The molecule has 0 N–H and O–H groups in total. The third-order valence-electron chi connectivity index (χ3n) is 6.22. The van der Waals surface area contributed by atoms with Gasteiger partial charge in [0.2, 0.25) is 16.6 Å². The molecule has 1 aromatic rings. The highest BCUT2D eigenvalue weighted by molar-refractivity contribution is 6.70. The van der Waals surface area contributed by atoms with E-state index in [0.717, 1.165) is 16.0 Å². The van der Waals surface area contributed by atoms with E-state index in [-0.39, 0.29) is 5.92 Å². The molecule has 0 saturated carbocycles. The first kappa shape index (κ1) is 13.9. The van der Waals surface area contributed by atoms with Gasteiger partial charge in [0, 0.05) is 25.2 Å². The van der Waals surface area contributed by atoms with E-state index in [0.29, 0.717) is 30.1 Å². The van der Waals surface area contributed by atoms with Gasteiger partial charge in [0.25, 0.3) is 0 Å². The van der Waals surface area contributed by atoms with Crippen molar-refractivity contribution < 1.29 is 21.8 Å². The van der Waals surface area contributed by atoms with Crippen LogP contribution in [0.2, 0.25) is 39.3 Å². The fourth-order valence-electron chi connectivity index (χ4n) is 5.39. The Morgan fingerprint density at radius 3 is 2.62 bits per heavy atom. The van der Waals surface area contributed by atoms with E-state index in [4.69, 9.17) is 19.1 Å². The third-order valence-corrected chi connectivity index (χ3v) is 7.90. The summed E-state index contributed by atoms with van der Waals surface area (Å²) in [4.78, 5) is 1.13. The summed E-state index contributed by atoms with van der Waals surface area (Å²) in [6, 6.07) is 3.32. The normalized spacial score (nSPS) is 40.7. The van der Waals surface area contributed by atoms with Gasteiger partial charge in [-0.25, -0.2) is 0 Å². The molecule has 2 aliphatic carbocycles. The van der Waals surface area contributed by atoms with Crippen LogP contribution in [0.25, 0.3) is 0 Å². The van der Waals surface area contributed by atoms with E-state index >= 15 is 0 Å². The van der Waals surface area contributed by atoms with Crippen LogP contribution in [0.3, 0.4) is 0 Å². The average molecular weight is 436 g/mol. The zero-order valence-electron chi connectivity index (χ0n) is 24.1. The molecule has 4 nitrogen and oxygen atoms in total. The summed E-state index contributed by atoms with van der Waals surface area (Å²) in [5.74, 6) is 1.39. The van der Waals surface area contributed by atoms with Gasteiger partial charge in [-0.3, -0.25) is 0 Å². The number of nitrogens with zero attached hydrogens (tertiary/aromatic N) is 1. The Kier molecular flexibility index (Phi) is 2.95. The number of allylic oxidation sites excluding steroid dienone is 1. The lowest BCUT2D eigenvalue weighted by molar-refractivity contribution is -0.0208. The fraction of sp³-hybridized carbons (Fsp3) is 0.652. The number of hydrogen-bond acceptors (Lipinski definition) is 4. The zero-order valence-corrected chi connectivity index (χ0v) is 20.1. The van der Waals surface area contributed by atoms with Crippen LogP contribution in [-0.2, 0) is 16.3 Å². The Morgan fingerprint density at radius 1 is 1.17 bits per heavy atom. The van der Waals surface area contributed by atoms with Crippen LogP contribution in [0, 0.1) is 5.92 Å². The van der Waals surface area contributed by atoms with Crippen molar-refractivity contribution in [3.63, 3.8) is 0 Å². The number of hydrogen-bond donors (Lipinski definition) is 0. The van der Waals surface area contributed by atoms with Gasteiger partial charge >= 0.3 is 0 Å². The standard InChI is InChI=1S/C23H35NO3Si2/c1-24-13-12-23-16-9-11-19(27-29(5,6)7)22(23)25-21-18(26-28(2,3)4)10-8-15(20(21)23)14-17(16)24/h8,10-11,16-17,22H,9,12-14H2,1-7H3/t16-,17+,22?,23-/m0/s1/i1D3,12D2,13D/t13?,16-,17+,22?,23-. The van der Waals surface area contributed by atoms with E-state index < -0.39 is 54.1 Å². The first-order chi connectivity index (χ1) is 15.9. The maximum absolute atomic E-state index is 9.41. The van der Waals surface area contributed by atoms with Crippen molar-refractivity contribution in [1.29, 1.82) is 0 Å². The molecule has 1 saturated heterocycles. The van der Waals surface area contributed by atoms with Crippen LogP contribution in [0.4, 0.5) is 0 Å². The number of rotatable bonds is 4. The minimum atomic E-state index is -2.58. The monoisotopic (exact) mass is 435 g/mol. The molecule has 2 unspecified atom stereocenters. The summed E-state index contributed by atoms with van der Waals surface area (Å²) in [6.45, 7) is 8.34. The summed E-state index contributed by atoms with van der Waals surface area (Å²) in [6.07, 6.45) is -0.0979. The van der Waals surface area contributed by atoms with Crippen LogP contribution < -0.4 is 9.16 Å². The molecule has 0 radical (unpaired) electrons. The van der Waals surface area contributed by atoms with Crippen molar-refractivity contribution in [2.75, 3.05) is 13.5 Å². The Balaban J connectivity index is 1.80. The molecule has 1 spiro atoms. The molecule has 0 aromatic heterocycles. The minimum absolute atomic E-state index is 0.366. The number of piperidine rings is 1. The fourth-order valence-corrected chi connectivity index (χ4v) is 7.11. The zero-order chi connectivity index (χ0) is 25.9. The Labute approximate surface area is 185 Å². The largest absolute Gasteiger partial charge is 0.545 e. The van der Waals surface area contributed by atoms with Gasteiger partial charge in [0.1, 0.15) is 11.5 Å². The van der Waals surface area contributed by atoms with Gasteiger partial charge in [0.15, 0.2) is 11.9 Å². The second-order valence-electron chi connectivity index (χ2n) is 10.6. The number of likely N-dealkylation sites (N-methyl/N-ethyl adjacent to an activating group) is 1. The van der Waals surface area contributed by atoms with Crippen LogP contribution >= 0.6 is 0 Å². The van der Waals surface area contributed by atoms with Crippen molar-refractivity contribution in [2.24, 2.45) is 5.92 Å². The summed E-state index contributed by atoms with van der Waals surface area (Å²) in [7, 11) is -4.08. The van der Waals surface area contributed by atoms with Crippen molar-refractivity contribution in [3.8, 4) is 11.5 Å². The second-order valence-corrected chi connectivity index (χ2v) is 19.5. The van der Waals surface area contributed by atoms with Crippen molar-refractivity contribution in [2.45, 2.75) is 76.1 Å². The highest BCUT2D eigenvalue weighted by Crippen LogP contribution is 2.64. The minimum Gasteiger partial charge on any atom is -0.545 e. The lowest BCUT2D eigenvalue weighted by Gasteiger charge is -2.57. The molecule has 5 atom stereocenters. The van der Waals surface area contributed by atoms with Gasteiger partial charge < -0.3 is 18.5 Å². The molecule has 1 fully saturated rings. The van der Waals surface area contributed by atoms with E-state index in [9.17, 15) is 2.74 Å². The van der Waals surface area contributed by atoms with Gasteiger partial charge in [0.05, 0.1) is 0 Å². The van der Waals surface area contributed by atoms with Crippen molar-refractivity contribution in [3.05, 3.63) is 35.1 Å². The van der Waals surface area contributed by atoms with Gasteiger partial charge in [-0.1, -0.05) is 6.07 Å². The molecule has 2 heterocycles. The Bertz CT molecular complexity index is 1100. The maximum Gasteiger partial charge on any atom is 0.242 e. The molecular weight excluding hydrogens is 394 g/mol. The summed E-state index contributed by atoms with van der Waals surface area (Å²) in [5, 5.41) is 0. The summed E-state index contributed by atoms with van der Waals surface area (Å²) >= 11 is 0. The lowest BCUT2D eigenvalue weighted by Crippen LogP contribution is -2.63. The Morgan fingerprint density at radius 2 is 1.93 bits per heavy atom. The third kappa shape index (κ3) is 2.93. The first-order valence-corrected chi connectivity index (χ1v) is 17.3. The molecule has 2 aliphatic heterocycles. The van der Waals surface area contributed by atoms with E-state index in [1.807, 2.05) is 18.2 Å². The number of ether oxygens (including phenoxy) is 1. The van der Waals surface area contributed by atoms with E-state index in [1.54, 1.807) is 0 Å². The van der Waals surface area contributed by atoms with E-state index in [2.05, 4.69) is 39.3 Å². The maximum atomic E-state index is 9.41. The highest BCUT2D eigenvalue weighted by Gasteiger charge is 2.64. The SMILES string of the molecule is [2H]C1N(C([2H])([2H])[2H])[C@@H]2Cc3ccc(O[Si](C)(C)C)c4c3[C@]3(C(O4)C(O[Si](C)(C)C)=CC[C@@H]23)C1([2H])[2H]. The van der Waals surface area contributed by atoms with E-state index in [1.165, 1.54) is 0 Å². The molecule has 4 aliphatic rings. The number of benzene rings is 1. The average Bonchev–Trinajstić information content (AvgIpc) is 3.04. The molecule has 0 amide bonds. The van der Waals surface area contributed by atoms with Crippen LogP contribution in [-0.4, -0.2) is 47.2 Å². The van der Waals surface area contributed by atoms with Crippen LogP contribution in [0.1, 0.15) is 32.1 Å². The molecule has 5 rings (SSSR count). The lowest BCUT2D eigenvalue weighted by atomic mass is 9.53. The summed E-state index contributed by atoms with van der Waals surface area (Å²) < 4.78 is 71.9. The number of likely N-dealkylation sites (tertiary alicyclic amines) is 1. The summed E-state index contributed by atoms with van der Waals surface area (Å²) in [5.41, 5.74) is 0.416. The molecule has 6 heteroatoms. The predicted octanol–water partition coefficient (Wildman–Crippen LogP) is 4.91. The first-order valence-electron chi connectivity index (χ1n) is 13.6. The topological polar surface area (TPSA) is 30.9 Å². The Hall–Kier alpha value is -1.25. The van der Waals surface area contributed by atoms with Crippen LogP contribution in [0.15, 0.2) is 24.0 Å². The highest BCUT2D eigenvalue weighted by atomic mass is 28.4. The molecule has 2 bridgehead atoms. The molecule has 1 aromatic carbocycles. The van der Waals surface area contributed by atoms with Crippen molar-refractivity contribution in [1.82, 2.24) is 4.90 Å². The predicted molar refractivity (Wildman–Crippen MR) is 122 cm³/mol. The van der Waals surface area contributed by atoms with Gasteiger partial charge in [-0.2, -0.15) is 0 Å². The van der Waals surface area contributed by atoms with Crippen LogP contribution in [0.5, 0.6) is 11.5 Å². The van der Waals surface area contributed by atoms with Gasteiger partial charge in [-0.15, -0.1) is 0 Å². The molecule has 29 heavy (non-hydrogen) atoms. The molecular formula is C23H35NO3Si2. The smallest absolute Gasteiger partial charge is 0.242 e. The van der Waals surface area contributed by atoms with Gasteiger partial charge in [-0.05, 0) is 95.6 Å². The van der Waals surface area contributed by atoms with Crippen molar-refractivity contribution >= 4 is 16.6 Å². The molecule has 158 valence electrons. The quantitative estimate of drug-likeness (QED) is 0.629.